The highest BCUT2D eigenvalue weighted by atomic mass is 31.1. The van der Waals surface area contributed by atoms with E-state index < -0.39 is 7.92 Å². The molecule has 2 aromatic carbocycles. The fourth-order valence-corrected chi connectivity index (χ4v) is 4.65. The Morgan fingerprint density at radius 3 is 1.80 bits per heavy atom. The van der Waals surface area contributed by atoms with Crippen LogP contribution in [0.3, 0.4) is 0 Å². The van der Waals surface area contributed by atoms with Gasteiger partial charge in [0, 0.05) is 0 Å². The van der Waals surface area contributed by atoms with Gasteiger partial charge in [-0.1, -0.05) is 85.8 Å². The fraction of sp³-hybridized carbons (Fsp3) is 0.158. The van der Waals surface area contributed by atoms with Crippen molar-refractivity contribution in [2.45, 2.75) is 20.3 Å². The number of benzene rings is 2. The minimum Gasteiger partial charge on any atom is -0.0876 e. The van der Waals surface area contributed by atoms with Crippen LogP contribution in [-0.2, 0) is 0 Å². The molecular weight excluding hydrogens is 259 g/mol. The van der Waals surface area contributed by atoms with E-state index in [4.69, 9.17) is 0 Å². The summed E-state index contributed by atoms with van der Waals surface area (Å²) in [6.45, 7) is 4.31. The molecule has 2 aromatic rings. The van der Waals surface area contributed by atoms with Crippen molar-refractivity contribution in [3.05, 3.63) is 84.2 Å². The van der Waals surface area contributed by atoms with E-state index in [9.17, 15) is 0 Å². The first-order valence-electron chi connectivity index (χ1n) is 7.09. The van der Waals surface area contributed by atoms with Gasteiger partial charge < -0.3 is 0 Å². The molecule has 0 aliphatic rings. The fourth-order valence-electron chi connectivity index (χ4n) is 2.19. The molecule has 0 N–H and O–H groups in total. The molecule has 0 saturated heterocycles. The minimum absolute atomic E-state index is 0.416. The first-order valence-corrected chi connectivity index (χ1v) is 8.43. The van der Waals surface area contributed by atoms with E-state index in [0.29, 0.717) is 0 Å². The highest BCUT2D eigenvalue weighted by Crippen LogP contribution is 2.44. The van der Waals surface area contributed by atoms with Gasteiger partial charge in [0.1, 0.15) is 0 Å². The van der Waals surface area contributed by atoms with Gasteiger partial charge in [0.25, 0.3) is 0 Å². The molecule has 0 radical (unpaired) electrons. The van der Waals surface area contributed by atoms with Crippen molar-refractivity contribution in [3.8, 4) is 0 Å². The summed E-state index contributed by atoms with van der Waals surface area (Å²) in [6.07, 6.45) is 7.62. The zero-order valence-electron chi connectivity index (χ0n) is 12.2. The Hall–Kier alpha value is -1.65. The molecule has 20 heavy (non-hydrogen) atoms. The lowest BCUT2D eigenvalue weighted by atomic mass is 10.3. The molecule has 0 unspecified atom stereocenters. The Morgan fingerprint density at radius 1 is 0.900 bits per heavy atom. The Morgan fingerprint density at radius 2 is 1.40 bits per heavy atom. The molecule has 102 valence electrons. The normalized spacial score (nSPS) is 12.2. The monoisotopic (exact) mass is 280 g/mol. The topological polar surface area (TPSA) is 0 Å². The first-order chi connectivity index (χ1) is 9.86. The van der Waals surface area contributed by atoms with Gasteiger partial charge in [-0.05, 0) is 37.2 Å². The maximum absolute atomic E-state index is 2.28. The lowest BCUT2D eigenvalue weighted by Gasteiger charge is -2.21. The molecule has 0 aliphatic carbocycles. The predicted octanol–water partition coefficient (Wildman–Crippen LogP) is 4.99. The molecule has 0 nitrogen and oxygen atoms in total. The van der Waals surface area contributed by atoms with Crippen molar-refractivity contribution in [1.29, 1.82) is 0 Å². The molecule has 0 aliphatic heterocycles. The van der Waals surface area contributed by atoms with Crippen molar-refractivity contribution in [3.63, 3.8) is 0 Å². The molecule has 0 fully saturated rings. The van der Waals surface area contributed by atoms with Gasteiger partial charge in [0.05, 0.1) is 0 Å². The third-order valence-electron chi connectivity index (χ3n) is 3.16. The summed E-state index contributed by atoms with van der Waals surface area (Å²) < 4.78 is 0. The molecule has 2 rings (SSSR count). The SMILES string of the molecule is CC=CC=C(CC)P(c1ccccc1)c1ccccc1. The highest BCUT2D eigenvalue weighted by Gasteiger charge is 2.16. The van der Waals surface area contributed by atoms with Crippen molar-refractivity contribution in [1.82, 2.24) is 0 Å². The van der Waals surface area contributed by atoms with E-state index in [0.717, 1.165) is 6.42 Å². The molecule has 1 heteroatoms. The summed E-state index contributed by atoms with van der Waals surface area (Å²) >= 11 is 0. The second-order valence-corrected chi connectivity index (χ2v) is 6.82. The number of hydrogen-bond acceptors (Lipinski definition) is 0. The Bertz CT molecular complexity index is 528. The average molecular weight is 280 g/mol. The summed E-state index contributed by atoms with van der Waals surface area (Å²) in [4.78, 5) is 0. The molecule has 0 bridgehead atoms. The standard InChI is InChI=1S/C19H21P/c1-3-5-12-17(4-2)20(18-13-8-6-9-14-18)19-15-10-7-11-16-19/h3,5-16H,4H2,1-2H3. The van der Waals surface area contributed by atoms with Crippen LogP contribution >= 0.6 is 7.92 Å². The number of hydrogen-bond donors (Lipinski definition) is 0. The largest absolute Gasteiger partial charge is 0.0876 e. The van der Waals surface area contributed by atoms with Crippen LogP contribution in [0.4, 0.5) is 0 Å². The maximum atomic E-state index is 2.28. The molecule has 0 saturated carbocycles. The summed E-state index contributed by atoms with van der Waals surface area (Å²) in [7, 11) is -0.416. The Balaban J connectivity index is 2.50. The maximum Gasteiger partial charge on any atom is -0.0154 e. The second-order valence-electron chi connectivity index (χ2n) is 4.54. The van der Waals surface area contributed by atoms with Crippen LogP contribution in [0.1, 0.15) is 20.3 Å². The smallest absolute Gasteiger partial charge is 0.0154 e. The molecule has 0 spiro atoms. The predicted molar refractivity (Wildman–Crippen MR) is 92.3 cm³/mol. The minimum atomic E-state index is -0.416. The summed E-state index contributed by atoms with van der Waals surface area (Å²) in [5.41, 5.74) is 0. The van der Waals surface area contributed by atoms with Crippen LogP contribution in [0.2, 0.25) is 0 Å². The van der Waals surface area contributed by atoms with Crippen molar-refractivity contribution in [2.75, 3.05) is 0 Å². The lowest BCUT2D eigenvalue weighted by Crippen LogP contribution is -2.12. The molecule has 0 aromatic heterocycles. The van der Waals surface area contributed by atoms with Gasteiger partial charge in [-0.2, -0.15) is 0 Å². The summed E-state index contributed by atoms with van der Waals surface area (Å²) in [5, 5.41) is 4.35. The van der Waals surface area contributed by atoms with Crippen LogP contribution in [0.5, 0.6) is 0 Å². The number of rotatable bonds is 5. The zero-order chi connectivity index (χ0) is 14.2. The lowest BCUT2D eigenvalue weighted by molar-refractivity contribution is 1.19. The quantitative estimate of drug-likeness (QED) is 0.534. The zero-order valence-corrected chi connectivity index (χ0v) is 13.1. The van der Waals surface area contributed by atoms with E-state index in [1.807, 2.05) is 0 Å². The van der Waals surface area contributed by atoms with Gasteiger partial charge in [0.15, 0.2) is 0 Å². The van der Waals surface area contributed by atoms with Gasteiger partial charge >= 0.3 is 0 Å². The van der Waals surface area contributed by atoms with Crippen LogP contribution in [0.25, 0.3) is 0 Å². The van der Waals surface area contributed by atoms with Gasteiger partial charge in [0.2, 0.25) is 0 Å². The first kappa shape index (κ1) is 14.8. The summed E-state index contributed by atoms with van der Waals surface area (Å²) in [6, 6.07) is 21.7. The molecular formula is C19H21P. The molecule has 0 heterocycles. The second kappa shape index (κ2) is 7.82. The van der Waals surface area contributed by atoms with Crippen LogP contribution in [-0.4, -0.2) is 0 Å². The van der Waals surface area contributed by atoms with Gasteiger partial charge in [-0.15, -0.1) is 0 Å². The van der Waals surface area contributed by atoms with Crippen LogP contribution in [0, 0.1) is 0 Å². The average Bonchev–Trinajstić information content (AvgIpc) is 2.53. The molecule has 0 amide bonds. The van der Waals surface area contributed by atoms with E-state index in [-0.39, 0.29) is 0 Å². The van der Waals surface area contributed by atoms with Crippen molar-refractivity contribution >= 4 is 18.5 Å². The van der Waals surface area contributed by atoms with Gasteiger partial charge in [-0.25, -0.2) is 0 Å². The number of allylic oxidation sites excluding steroid dienone is 4. The highest BCUT2D eigenvalue weighted by molar-refractivity contribution is 7.76. The van der Waals surface area contributed by atoms with E-state index in [1.54, 1.807) is 0 Å². The third kappa shape index (κ3) is 3.68. The van der Waals surface area contributed by atoms with Crippen molar-refractivity contribution in [2.24, 2.45) is 0 Å². The van der Waals surface area contributed by atoms with E-state index >= 15 is 0 Å². The van der Waals surface area contributed by atoms with Crippen LogP contribution in [0.15, 0.2) is 84.2 Å². The molecule has 0 atom stereocenters. The van der Waals surface area contributed by atoms with Crippen LogP contribution < -0.4 is 10.6 Å². The Kier molecular flexibility index (Phi) is 5.77. The summed E-state index contributed by atoms with van der Waals surface area (Å²) in [5.74, 6) is 0. The Labute approximate surface area is 123 Å². The van der Waals surface area contributed by atoms with E-state index in [2.05, 4.69) is 92.7 Å². The third-order valence-corrected chi connectivity index (χ3v) is 5.83. The van der Waals surface area contributed by atoms with Crippen molar-refractivity contribution < 1.29 is 0 Å². The van der Waals surface area contributed by atoms with Gasteiger partial charge in [-0.3, -0.25) is 0 Å². The van der Waals surface area contributed by atoms with E-state index in [1.165, 1.54) is 15.9 Å².